The maximum absolute atomic E-state index is 12.6. The molecule has 0 spiro atoms. The second-order valence-corrected chi connectivity index (χ2v) is 8.66. The van der Waals surface area contributed by atoms with Crippen LogP contribution in [-0.4, -0.2) is 54.7 Å². The van der Waals surface area contributed by atoms with Crippen LogP contribution in [0.1, 0.15) is 59.4 Å². The summed E-state index contributed by atoms with van der Waals surface area (Å²) in [7, 11) is -3.49. The molecule has 1 aliphatic heterocycles. The van der Waals surface area contributed by atoms with E-state index in [-0.39, 0.29) is 23.9 Å². The summed E-state index contributed by atoms with van der Waals surface area (Å²) in [5.41, 5.74) is -0.104. The Kier molecular flexibility index (Phi) is 5.14. The zero-order chi connectivity index (χ0) is 18.0. The molecular formula is C16H22N2O6S. The minimum Gasteiger partial charge on any atom is -0.478 e. The highest BCUT2D eigenvalue weighted by Crippen LogP contribution is 2.23. The van der Waals surface area contributed by atoms with Gasteiger partial charge < -0.3 is 14.4 Å². The standard InChI is InChI=1S/C16H22N2O6S/c19-15(14-8-11(10-24-14)16(20)21)18-7-3-6-13(9-18)25(22,23)17-12-4-1-2-5-12/h8,10,12-13,17H,1-7,9H2,(H,20,21). The first-order valence-corrected chi connectivity index (χ1v) is 10.0. The van der Waals surface area contributed by atoms with Crippen LogP contribution in [0.25, 0.3) is 0 Å². The lowest BCUT2D eigenvalue weighted by Gasteiger charge is -2.32. The van der Waals surface area contributed by atoms with Crippen LogP contribution in [-0.2, 0) is 10.0 Å². The van der Waals surface area contributed by atoms with Gasteiger partial charge in [0.1, 0.15) is 6.26 Å². The minimum atomic E-state index is -3.49. The topological polar surface area (TPSA) is 117 Å². The number of amides is 1. The summed E-state index contributed by atoms with van der Waals surface area (Å²) >= 11 is 0. The van der Waals surface area contributed by atoms with Crippen molar-refractivity contribution in [2.75, 3.05) is 13.1 Å². The fraction of sp³-hybridized carbons (Fsp3) is 0.625. The van der Waals surface area contributed by atoms with E-state index in [1.807, 2.05) is 0 Å². The van der Waals surface area contributed by atoms with E-state index in [2.05, 4.69) is 4.72 Å². The van der Waals surface area contributed by atoms with Gasteiger partial charge in [0.2, 0.25) is 10.0 Å². The Labute approximate surface area is 146 Å². The van der Waals surface area contributed by atoms with Crippen molar-refractivity contribution in [2.45, 2.75) is 49.8 Å². The smallest absolute Gasteiger partial charge is 0.338 e. The zero-order valence-corrected chi connectivity index (χ0v) is 14.6. The van der Waals surface area contributed by atoms with E-state index in [0.29, 0.717) is 19.4 Å². The Morgan fingerprint density at radius 1 is 1.20 bits per heavy atom. The van der Waals surface area contributed by atoms with Crippen molar-refractivity contribution in [1.82, 2.24) is 9.62 Å². The molecule has 1 amide bonds. The Balaban J connectivity index is 1.67. The van der Waals surface area contributed by atoms with Gasteiger partial charge in [-0.25, -0.2) is 17.9 Å². The number of sulfonamides is 1. The van der Waals surface area contributed by atoms with Gasteiger partial charge in [0.05, 0.1) is 10.8 Å². The van der Waals surface area contributed by atoms with Crippen LogP contribution in [0.15, 0.2) is 16.7 Å². The van der Waals surface area contributed by atoms with E-state index in [1.165, 1.54) is 11.0 Å². The predicted octanol–water partition coefficient (Wildman–Crippen LogP) is 1.44. The summed E-state index contributed by atoms with van der Waals surface area (Å²) in [6.45, 7) is 0.515. The Hall–Kier alpha value is -1.87. The molecule has 1 saturated carbocycles. The van der Waals surface area contributed by atoms with Gasteiger partial charge in [-0.2, -0.15) is 0 Å². The van der Waals surface area contributed by atoms with Gasteiger partial charge in [0.25, 0.3) is 5.91 Å². The molecule has 138 valence electrons. The lowest BCUT2D eigenvalue weighted by molar-refractivity contribution is 0.0686. The maximum Gasteiger partial charge on any atom is 0.338 e. The van der Waals surface area contributed by atoms with Gasteiger partial charge in [-0.1, -0.05) is 12.8 Å². The van der Waals surface area contributed by atoms with Crippen molar-refractivity contribution in [2.24, 2.45) is 0 Å². The molecule has 0 aromatic carbocycles. The molecule has 1 aliphatic carbocycles. The normalized spacial score (nSPS) is 22.2. The first-order chi connectivity index (χ1) is 11.9. The molecule has 1 aromatic heterocycles. The Morgan fingerprint density at radius 3 is 2.56 bits per heavy atom. The van der Waals surface area contributed by atoms with Crippen LogP contribution in [0.3, 0.4) is 0 Å². The lowest BCUT2D eigenvalue weighted by atomic mass is 10.1. The third-order valence-electron chi connectivity index (χ3n) is 4.85. The number of carboxylic acids is 1. The molecule has 9 heteroatoms. The number of likely N-dealkylation sites (tertiary alicyclic amines) is 1. The third kappa shape index (κ3) is 4.04. The summed E-state index contributed by atoms with van der Waals surface area (Å²) in [6.07, 6.45) is 5.88. The number of carbonyl (C=O) groups is 2. The van der Waals surface area contributed by atoms with Crippen molar-refractivity contribution in [3.8, 4) is 0 Å². The van der Waals surface area contributed by atoms with E-state index >= 15 is 0 Å². The van der Waals surface area contributed by atoms with E-state index in [0.717, 1.165) is 31.9 Å². The van der Waals surface area contributed by atoms with E-state index in [4.69, 9.17) is 9.52 Å². The number of rotatable bonds is 5. The van der Waals surface area contributed by atoms with Crippen LogP contribution >= 0.6 is 0 Å². The number of nitrogens with zero attached hydrogens (tertiary/aromatic N) is 1. The average molecular weight is 370 g/mol. The molecule has 1 unspecified atom stereocenters. The van der Waals surface area contributed by atoms with E-state index in [9.17, 15) is 18.0 Å². The molecule has 2 N–H and O–H groups in total. The summed E-state index contributed by atoms with van der Waals surface area (Å²) in [5, 5.41) is 8.25. The summed E-state index contributed by atoms with van der Waals surface area (Å²) in [4.78, 5) is 24.8. The molecule has 8 nitrogen and oxygen atoms in total. The second kappa shape index (κ2) is 7.17. The molecule has 0 radical (unpaired) electrons. The molecule has 2 fully saturated rings. The van der Waals surface area contributed by atoms with Crippen molar-refractivity contribution >= 4 is 21.9 Å². The number of hydrogen-bond acceptors (Lipinski definition) is 5. The summed E-state index contributed by atoms with van der Waals surface area (Å²) in [5.74, 6) is -1.74. The van der Waals surface area contributed by atoms with Gasteiger partial charge in [-0.15, -0.1) is 0 Å². The predicted molar refractivity (Wildman–Crippen MR) is 88.9 cm³/mol. The number of nitrogens with one attached hydrogen (secondary N) is 1. The van der Waals surface area contributed by atoms with Gasteiger partial charge in [-0.05, 0) is 25.7 Å². The molecule has 1 saturated heterocycles. The van der Waals surface area contributed by atoms with Crippen LogP contribution < -0.4 is 4.72 Å². The molecule has 1 aromatic rings. The third-order valence-corrected chi connectivity index (χ3v) is 6.77. The maximum atomic E-state index is 12.6. The molecule has 1 atom stereocenters. The minimum absolute atomic E-state index is 0.000670. The van der Waals surface area contributed by atoms with Crippen molar-refractivity contribution in [3.63, 3.8) is 0 Å². The summed E-state index contributed by atoms with van der Waals surface area (Å²) in [6, 6.07) is 1.17. The van der Waals surface area contributed by atoms with Gasteiger partial charge in [-0.3, -0.25) is 4.79 Å². The monoisotopic (exact) mass is 370 g/mol. The molecule has 2 heterocycles. The van der Waals surface area contributed by atoms with E-state index in [1.54, 1.807) is 0 Å². The highest BCUT2D eigenvalue weighted by Gasteiger charge is 2.35. The summed E-state index contributed by atoms with van der Waals surface area (Å²) < 4.78 is 33.0. The molecule has 2 aliphatic rings. The highest BCUT2D eigenvalue weighted by atomic mass is 32.2. The number of carboxylic acid groups (broad SMARTS) is 1. The SMILES string of the molecule is O=C(O)c1coc(C(=O)N2CCCC(S(=O)(=O)NC3CCCC3)C2)c1. The van der Waals surface area contributed by atoms with Crippen molar-refractivity contribution in [3.05, 3.63) is 23.7 Å². The quantitative estimate of drug-likeness (QED) is 0.810. The molecule has 0 bridgehead atoms. The Morgan fingerprint density at radius 2 is 1.92 bits per heavy atom. The van der Waals surface area contributed by atoms with Crippen molar-refractivity contribution < 1.29 is 27.5 Å². The number of carbonyl (C=O) groups excluding carboxylic acids is 1. The van der Waals surface area contributed by atoms with E-state index < -0.39 is 27.1 Å². The average Bonchev–Trinajstić information content (AvgIpc) is 3.25. The van der Waals surface area contributed by atoms with Crippen LogP contribution in [0, 0.1) is 0 Å². The number of hydrogen-bond donors (Lipinski definition) is 2. The first-order valence-electron chi connectivity index (χ1n) is 8.49. The van der Waals surface area contributed by atoms with Crippen molar-refractivity contribution in [1.29, 1.82) is 0 Å². The second-order valence-electron chi connectivity index (χ2n) is 6.66. The fourth-order valence-electron chi connectivity index (χ4n) is 3.46. The van der Waals surface area contributed by atoms with Crippen LogP contribution in [0.4, 0.5) is 0 Å². The zero-order valence-electron chi connectivity index (χ0n) is 13.8. The Bertz CT molecular complexity index is 750. The van der Waals surface area contributed by atoms with Crippen LogP contribution in [0.2, 0.25) is 0 Å². The van der Waals surface area contributed by atoms with Gasteiger partial charge in [0, 0.05) is 25.2 Å². The number of furan rings is 1. The van der Waals surface area contributed by atoms with Gasteiger partial charge in [0.15, 0.2) is 5.76 Å². The largest absolute Gasteiger partial charge is 0.478 e. The van der Waals surface area contributed by atoms with Gasteiger partial charge >= 0.3 is 5.97 Å². The number of aromatic carboxylic acids is 1. The lowest BCUT2D eigenvalue weighted by Crippen LogP contribution is -2.49. The molecule has 25 heavy (non-hydrogen) atoms. The highest BCUT2D eigenvalue weighted by molar-refractivity contribution is 7.90. The molecular weight excluding hydrogens is 348 g/mol. The fourth-order valence-corrected chi connectivity index (χ4v) is 5.21. The van der Waals surface area contributed by atoms with Crippen LogP contribution in [0.5, 0.6) is 0 Å². The number of piperidine rings is 1. The molecule has 3 rings (SSSR count). The first kappa shape index (κ1) is 17.9.